The molecule has 29 heavy (non-hydrogen) atoms. The lowest BCUT2D eigenvalue weighted by atomic mass is 10.1. The molecule has 166 valence electrons. The molecule has 2 rings (SSSR count). The van der Waals surface area contributed by atoms with E-state index in [0.29, 0.717) is 12.6 Å². The number of unbranched alkanes of at least 4 members (excludes halogenated alkanes) is 1. The molecule has 2 heterocycles. The monoisotopic (exact) mass is 406 g/mol. The molecule has 0 saturated carbocycles. The molecular weight excluding hydrogens is 364 g/mol. The molecule has 6 nitrogen and oxygen atoms in total. The lowest BCUT2D eigenvalue weighted by Crippen LogP contribution is -2.36. The van der Waals surface area contributed by atoms with E-state index < -0.39 is 0 Å². The van der Waals surface area contributed by atoms with Crippen LogP contribution in [0.4, 0.5) is 5.82 Å². The normalized spacial score (nSPS) is 14.9. The smallest absolute Gasteiger partial charge is 0.318 e. The van der Waals surface area contributed by atoms with E-state index in [1.54, 1.807) is 0 Å². The lowest BCUT2D eigenvalue weighted by Gasteiger charge is -2.27. The number of nitrogens with zero attached hydrogens (tertiary/aromatic N) is 4. The summed E-state index contributed by atoms with van der Waals surface area (Å²) < 4.78 is 11.4. The number of hydrogen-bond acceptors (Lipinski definition) is 6. The predicted molar refractivity (Wildman–Crippen MR) is 120 cm³/mol. The van der Waals surface area contributed by atoms with Gasteiger partial charge in [-0.15, -0.1) is 0 Å². The molecule has 0 N–H and O–H groups in total. The van der Waals surface area contributed by atoms with Gasteiger partial charge in [0.25, 0.3) is 0 Å². The van der Waals surface area contributed by atoms with Crippen molar-refractivity contribution in [2.75, 3.05) is 57.4 Å². The highest BCUT2D eigenvalue weighted by atomic mass is 16.5. The van der Waals surface area contributed by atoms with E-state index in [1.165, 1.54) is 5.56 Å². The predicted octanol–water partition coefficient (Wildman–Crippen LogP) is 4.11. The van der Waals surface area contributed by atoms with Crippen molar-refractivity contribution >= 4 is 5.82 Å². The van der Waals surface area contributed by atoms with E-state index in [9.17, 15) is 0 Å². The molecule has 0 amide bonds. The molecule has 0 atom stereocenters. The summed E-state index contributed by atoms with van der Waals surface area (Å²) >= 11 is 0. The number of morpholine rings is 1. The Bertz CT molecular complexity index is 570. The van der Waals surface area contributed by atoms with Gasteiger partial charge < -0.3 is 14.4 Å². The van der Waals surface area contributed by atoms with Crippen molar-refractivity contribution in [3.63, 3.8) is 0 Å². The zero-order valence-corrected chi connectivity index (χ0v) is 19.2. The Morgan fingerprint density at radius 2 is 1.69 bits per heavy atom. The van der Waals surface area contributed by atoms with Gasteiger partial charge in [-0.3, -0.25) is 4.90 Å². The maximum absolute atomic E-state index is 6.03. The zero-order chi connectivity index (χ0) is 20.9. The van der Waals surface area contributed by atoms with E-state index in [4.69, 9.17) is 19.4 Å². The third kappa shape index (κ3) is 7.74. The number of aromatic nitrogens is 2. The fourth-order valence-electron chi connectivity index (χ4n) is 3.91. The largest absolute Gasteiger partial charge is 0.463 e. The van der Waals surface area contributed by atoms with Crippen LogP contribution in [0.25, 0.3) is 0 Å². The van der Waals surface area contributed by atoms with E-state index in [0.717, 1.165) is 102 Å². The molecule has 1 saturated heterocycles. The first-order valence-electron chi connectivity index (χ1n) is 11.8. The van der Waals surface area contributed by atoms with Crippen LogP contribution in [0, 0.1) is 0 Å². The van der Waals surface area contributed by atoms with Gasteiger partial charge in [-0.1, -0.05) is 34.1 Å². The standard InChI is InChI=1S/C23H42N4O2/c1-5-11-20-21(8-4)24-23(25-22(20)27(12-6-2)13-7-3)29-17-10-9-14-26-15-18-28-19-16-26/h5-19H2,1-4H3. The molecule has 0 radical (unpaired) electrons. The average Bonchev–Trinajstić information content (AvgIpc) is 2.75. The van der Waals surface area contributed by atoms with Crippen LogP contribution in [0.2, 0.25) is 0 Å². The summed E-state index contributed by atoms with van der Waals surface area (Å²) in [5.74, 6) is 1.10. The minimum Gasteiger partial charge on any atom is -0.463 e. The Labute approximate surface area is 178 Å². The van der Waals surface area contributed by atoms with E-state index in [-0.39, 0.29) is 0 Å². The molecule has 1 fully saturated rings. The van der Waals surface area contributed by atoms with Crippen LogP contribution in [0.15, 0.2) is 0 Å². The highest BCUT2D eigenvalue weighted by molar-refractivity contribution is 5.50. The van der Waals surface area contributed by atoms with Crippen molar-refractivity contribution in [1.29, 1.82) is 0 Å². The van der Waals surface area contributed by atoms with Gasteiger partial charge in [-0.2, -0.15) is 9.97 Å². The SMILES string of the molecule is CCCc1c(CC)nc(OCCCCN2CCOCC2)nc1N(CCC)CCC. The third-order valence-corrected chi connectivity index (χ3v) is 5.38. The number of hydrogen-bond donors (Lipinski definition) is 0. The molecule has 0 spiro atoms. The first-order chi connectivity index (χ1) is 14.2. The molecule has 0 aliphatic carbocycles. The molecule has 1 aliphatic rings. The second-order valence-corrected chi connectivity index (χ2v) is 7.86. The maximum atomic E-state index is 6.03. The van der Waals surface area contributed by atoms with Crippen LogP contribution < -0.4 is 9.64 Å². The molecule has 1 aromatic rings. The fraction of sp³-hybridized carbons (Fsp3) is 0.826. The molecule has 6 heteroatoms. The molecule has 0 unspecified atom stereocenters. The van der Waals surface area contributed by atoms with Gasteiger partial charge in [0.15, 0.2) is 0 Å². The molecular formula is C23H42N4O2. The Balaban J connectivity index is 2.01. The Kier molecular flexibility index (Phi) is 11.3. The van der Waals surface area contributed by atoms with Crippen molar-refractivity contribution in [3.8, 4) is 6.01 Å². The first kappa shape index (κ1) is 23.9. The highest BCUT2D eigenvalue weighted by Crippen LogP contribution is 2.26. The van der Waals surface area contributed by atoms with Crippen LogP contribution in [-0.2, 0) is 17.6 Å². The van der Waals surface area contributed by atoms with Gasteiger partial charge in [-0.25, -0.2) is 0 Å². The Morgan fingerprint density at radius 3 is 2.31 bits per heavy atom. The van der Waals surface area contributed by atoms with Crippen LogP contribution in [0.5, 0.6) is 6.01 Å². The van der Waals surface area contributed by atoms with Gasteiger partial charge in [0.05, 0.1) is 25.5 Å². The van der Waals surface area contributed by atoms with Gasteiger partial charge in [0, 0.05) is 31.7 Å². The van der Waals surface area contributed by atoms with Gasteiger partial charge in [0.1, 0.15) is 5.82 Å². The molecule has 1 aromatic heterocycles. The van der Waals surface area contributed by atoms with Crippen LogP contribution >= 0.6 is 0 Å². The number of ether oxygens (including phenoxy) is 2. The number of aryl methyl sites for hydroxylation is 1. The van der Waals surface area contributed by atoms with E-state index in [1.807, 2.05) is 0 Å². The third-order valence-electron chi connectivity index (χ3n) is 5.38. The van der Waals surface area contributed by atoms with Crippen molar-refractivity contribution in [3.05, 3.63) is 11.3 Å². The summed E-state index contributed by atoms with van der Waals surface area (Å²) in [6, 6.07) is 0.556. The van der Waals surface area contributed by atoms with Gasteiger partial charge in [0.2, 0.25) is 0 Å². The summed E-state index contributed by atoms with van der Waals surface area (Å²) in [5, 5.41) is 0. The zero-order valence-electron chi connectivity index (χ0n) is 19.2. The van der Waals surface area contributed by atoms with Crippen LogP contribution in [0.1, 0.15) is 71.1 Å². The first-order valence-corrected chi connectivity index (χ1v) is 11.8. The lowest BCUT2D eigenvalue weighted by molar-refractivity contribution is 0.0367. The summed E-state index contributed by atoms with van der Waals surface area (Å²) in [6.07, 6.45) is 7.47. The Hall–Kier alpha value is -1.40. The molecule has 0 aromatic carbocycles. The quantitative estimate of drug-likeness (QED) is 0.433. The van der Waals surface area contributed by atoms with Crippen molar-refractivity contribution in [2.24, 2.45) is 0 Å². The Morgan fingerprint density at radius 1 is 0.966 bits per heavy atom. The van der Waals surface area contributed by atoms with Crippen molar-refractivity contribution in [1.82, 2.24) is 14.9 Å². The second kappa shape index (κ2) is 13.8. The minimum atomic E-state index is 0.556. The highest BCUT2D eigenvalue weighted by Gasteiger charge is 2.18. The number of rotatable bonds is 14. The topological polar surface area (TPSA) is 50.7 Å². The summed E-state index contributed by atoms with van der Waals surface area (Å²) in [4.78, 5) is 14.6. The summed E-state index contributed by atoms with van der Waals surface area (Å²) in [5.41, 5.74) is 2.47. The van der Waals surface area contributed by atoms with Crippen LogP contribution in [-0.4, -0.2) is 67.4 Å². The fourth-order valence-corrected chi connectivity index (χ4v) is 3.91. The van der Waals surface area contributed by atoms with E-state index in [2.05, 4.69) is 37.5 Å². The van der Waals surface area contributed by atoms with Gasteiger partial charge in [-0.05, 0) is 45.1 Å². The summed E-state index contributed by atoms with van der Waals surface area (Å²) in [7, 11) is 0. The minimum absolute atomic E-state index is 0.556. The van der Waals surface area contributed by atoms with E-state index >= 15 is 0 Å². The number of anilines is 1. The van der Waals surface area contributed by atoms with Crippen molar-refractivity contribution in [2.45, 2.75) is 72.6 Å². The van der Waals surface area contributed by atoms with Gasteiger partial charge >= 0.3 is 6.01 Å². The average molecular weight is 407 g/mol. The molecule has 1 aliphatic heterocycles. The second-order valence-electron chi connectivity index (χ2n) is 7.86. The summed E-state index contributed by atoms with van der Waals surface area (Å²) in [6.45, 7) is 16.6. The maximum Gasteiger partial charge on any atom is 0.318 e. The van der Waals surface area contributed by atoms with Crippen molar-refractivity contribution < 1.29 is 9.47 Å². The molecule has 0 bridgehead atoms. The van der Waals surface area contributed by atoms with Crippen LogP contribution in [0.3, 0.4) is 0 Å².